The van der Waals surface area contributed by atoms with E-state index in [9.17, 15) is 0 Å². The van der Waals surface area contributed by atoms with Crippen molar-refractivity contribution in [3.8, 4) is 0 Å². The molecule has 13 heavy (non-hydrogen) atoms. The summed E-state index contributed by atoms with van der Waals surface area (Å²) in [4.78, 5) is 4.18. The van der Waals surface area contributed by atoms with E-state index in [4.69, 9.17) is 0 Å². The van der Waals surface area contributed by atoms with Gasteiger partial charge in [0.25, 0.3) is 0 Å². The van der Waals surface area contributed by atoms with Crippen LogP contribution in [0.25, 0.3) is 0 Å². The van der Waals surface area contributed by atoms with E-state index in [0.717, 1.165) is 12.8 Å². The number of allylic oxidation sites excluding steroid dienone is 7. The normalized spacial score (nSPS) is 23.3. The fraction of sp³-hybridized carbons (Fsp3) is 0.250. The van der Waals surface area contributed by atoms with Crippen LogP contribution in [-0.4, -0.2) is 6.21 Å². The molecule has 0 radical (unpaired) electrons. The van der Waals surface area contributed by atoms with E-state index in [1.54, 1.807) is 0 Å². The Labute approximate surface area is 78.9 Å². The van der Waals surface area contributed by atoms with E-state index in [1.807, 2.05) is 12.4 Å². The molecule has 0 aromatic rings. The molecule has 1 aliphatic carbocycles. The molecule has 0 unspecified atom stereocenters. The van der Waals surface area contributed by atoms with E-state index < -0.39 is 0 Å². The van der Waals surface area contributed by atoms with E-state index >= 15 is 0 Å². The number of rotatable bonds is 0. The molecule has 1 heteroatoms. The first-order valence-electron chi connectivity index (χ1n) is 4.60. The second kappa shape index (κ2) is 3.56. The monoisotopic (exact) mass is 171 g/mol. The molecule has 0 fully saturated rings. The zero-order valence-corrected chi connectivity index (χ0v) is 7.83. The Hall–Kier alpha value is -1.37. The Balaban J connectivity index is 2.44. The molecular formula is C12H13N. The van der Waals surface area contributed by atoms with Crippen molar-refractivity contribution in [1.29, 1.82) is 0 Å². The highest BCUT2D eigenvalue weighted by Gasteiger charge is 2.05. The lowest BCUT2D eigenvalue weighted by Gasteiger charge is -2.07. The van der Waals surface area contributed by atoms with Crippen LogP contribution >= 0.6 is 0 Å². The van der Waals surface area contributed by atoms with E-state index in [1.165, 1.54) is 16.7 Å². The molecule has 66 valence electrons. The minimum Gasteiger partial charge on any atom is -0.269 e. The van der Waals surface area contributed by atoms with Crippen molar-refractivity contribution >= 4 is 6.21 Å². The zero-order valence-electron chi connectivity index (χ0n) is 7.83. The van der Waals surface area contributed by atoms with Gasteiger partial charge in [-0.1, -0.05) is 23.8 Å². The zero-order chi connectivity index (χ0) is 9.10. The molecule has 0 N–H and O–H groups in total. The molecule has 0 atom stereocenters. The summed E-state index contributed by atoms with van der Waals surface area (Å²) in [5.74, 6) is 0. The molecule has 0 aromatic carbocycles. The summed E-state index contributed by atoms with van der Waals surface area (Å²) in [5.41, 5.74) is 4.17. The Kier molecular flexibility index (Phi) is 2.26. The third kappa shape index (κ3) is 1.86. The third-order valence-corrected chi connectivity index (χ3v) is 2.42. The van der Waals surface area contributed by atoms with Crippen LogP contribution in [0.4, 0.5) is 0 Å². The van der Waals surface area contributed by atoms with Crippen molar-refractivity contribution in [3.05, 3.63) is 47.2 Å². The van der Waals surface area contributed by atoms with Crippen molar-refractivity contribution in [2.24, 2.45) is 4.99 Å². The lowest BCUT2D eigenvalue weighted by molar-refractivity contribution is 1.08. The molecule has 0 amide bonds. The van der Waals surface area contributed by atoms with Crippen LogP contribution in [0.2, 0.25) is 0 Å². The number of hydrogen-bond donors (Lipinski definition) is 0. The Morgan fingerprint density at radius 3 is 3.15 bits per heavy atom. The highest BCUT2D eigenvalue weighted by molar-refractivity contribution is 5.64. The molecule has 0 aromatic heterocycles. The summed E-state index contributed by atoms with van der Waals surface area (Å²) < 4.78 is 0. The molecule has 0 saturated carbocycles. The summed E-state index contributed by atoms with van der Waals surface area (Å²) in [5, 5.41) is 0. The average molecular weight is 171 g/mol. The van der Waals surface area contributed by atoms with Gasteiger partial charge in [0, 0.05) is 18.8 Å². The standard InChI is InChI=1S/C12H13N/c1-10-3-2-4-11-5-7-13-8-6-12(10)9-11/h2-4,6-8H,5,9H2,1H3/b8-6-,13-7?. The molecule has 2 rings (SSSR count). The van der Waals surface area contributed by atoms with Crippen LogP contribution in [-0.2, 0) is 0 Å². The molecule has 2 bridgehead atoms. The summed E-state index contributed by atoms with van der Waals surface area (Å²) in [6.45, 7) is 2.15. The molecule has 1 aliphatic heterocycles. The molecular weight excluding hydrogens is 158 g/mol. The predicted octanol–water partition coefficient (Wildman–Crippen LogP) is 3.18. The first-order chi connectivity index (χ1) is 6.36. The second-order valence-corrected chi connectivity index (χ2v) is 3.42. The van der Waals surface area contributed by atoms with Gasteiger partial charge >= 0.3 is 0 Å². The van der Waals surface area contributed by atoms with Gasteiger partial charge < -0.3 is 0 Å². The fourth-order valence-corrected chi connectivity index (χ4v) is 1.57. The topological polar surface area (TPSA) is 12.4 Å². The molecule has 1 nitrogen and oxygen atoms in total. The van der Waals surface area contributed by atoms with Gasteiger partial charge in [-0.3, -0.25) is 4.99 Å². The number of aliphatic imine (C=N–C) groups is 1. The van der Waals surface area contributed by atoms with Crippen molar-refractivity contribution in [2.75, 3.05) is 0 Å². The Bertz CT molecular complexity index is 351. The van der Waals surface area contributed by atoms with Crippen molar-refractivity contribution < 1.29 is 0 Å². The van der Waals surface area contributed by atoms with Gasteiger partial charge in [-0.2, -0.15) is 0 Å². The van der Waals surface area contributed by atoms with Crippen molar-refractivity contribution in [1.82, 2.24) is 0 Å². The maximum absolute atomic E-state index is 4.18. The summed E-state index contributed by atoms with van der Waals surface area (Å²) in [6, 6.07) is 0. The van der Waals surface area contributed by atoms with Gasteiger partial charge in [-0.15, -0.1) is 0 Å². The van der Waals surface area contributed by atoms with E-state index in [-0.39, 0.29) is 0 Å². The second-order valence-electron chi connectivity index (χ2n) is 3.42. The highest BCUT2D eigenvalue weighted by Crippen LogP contribution is 2.23. The first kappa shape index (κ1) is 8.24. The fourth-order valence-electron chi connectivity index (χ4n) is 1.57. The smallest absolute Gasteiger partial charge is 0.0266 e. The Morgan fingerprint density at radius 2 is 2.23 bits per heavy atom. The first-order valence-corrected chi connectivity index (χ1v) is 4.60. The molecule has 2 aliphatic rings. The van der Waals surface area contributed by atoms with Crippen LogP contribution in [0.15, 0.2) is 52.2 Å². The van der Waals surface area contributed by atoms with Crippen LogP contribution in [0, 0.1) is 0 Å². The minimum absolute atomic E-state index is 0.978. The largest absolute Gasteiger partial charge is 0.269 e. The van der Waals surface area contributed by atoms with Crippen molar-refractivity contribution in [2.45, 2.75) is 19.8 Å². The maximum atomic E-state index is 4.18. The van der Waals surface area contributed by atoms with Crippen LogP contribution in [0.3, 0.4) is 0 Å². The molecule has 0 saturated heterocycles. The lowest BCUT2D eigenvalue weighted by Crippen LogP contribution is -1.91. The van der Waals surface area contributed by atoms with E-state index in [0.29, 0.717) is 0 Å². The Morgan fingerprint density at radius 1 is 1.31 bits per heavy atom. The van der Waals surface area contributed by atoms with Gasteiger partial charge in [0.2, 0.25) is 0 Å². The maximum Gasteiger partial charge on any atom is 0.0266 e. The van der Waals surface area contributed by atoms with Gasteiger partial charge in [0.1, 0.15) is 0 Å². The van der Waals surface area contributed by atoms with Crippen molar-refractivity contribution in [3.63, 3.8) is 0 Å². The van der Waals surface area contributed by atoms with Crippen LogP contribution in [0.1, 0.15) is 19.8 Å². The predicted molar refractivity (Wildman–Crippen MR) is 56.8 cm³/mol. The number of hydrogen-bond acceptors (Lipinski definition) is 1. The average Bonchev–Trinajstić information content (AvgIpc) is 2.24. The van der Waals surface area contributed by atoms with Gasteiger partial charge in [-0.25, -0.2) is 0 Å². The number of fused-ring (bicyclic) bond motifs is 2. The SMILES string of the molecule is CC1=C2/C=C\N=CCC(=CC=C1)C2. The third-order valence-electron chi connectivity index (χ3n) is 2.42. The summed E-state index contributed by atoms with van der Waals surface area (Å²) in [6.07, 6.45) is 14.5. The molecule has 1 heterocycles. The molecule has 0 spiro atoms. The number of nitrogens with zero attached hydrogens (tertiary/aromatic N) is 1. The van der Waals surface area contributed by atoms with Gasteiger partial charge in [0.15, 0.2) is 0 Å². The highest BCUT2D eigenvalue weighted by atomic mass is 14.7. The summed E-state index contributed by atoms with van der Waals surface area (Å²) >= 11 is 0. The summed E-state index contributed by atoms with van der Waals surface area (Å²) in [7, 11) is 0. The minimum atomic E-state index is 0.978. The quantitative estimate of drug-likeness (QED) is 0.531. The van der Waals surface area contributed by atoms with Crippen LogP contribution < -0.4 is 0 Å². The van der Waals surface area contributed by atoms with Gasteiger partial charge in [-0.05, 0) is 30.6 Å². The van der Waals surface area contributed by atoms with Crippen LogP contribution in [0.5, 0.6) is 0 Å². The lowest BCUT2D eigenvalue weighted by atomic mass is 10.00. The van der Waals surface area contributed by atoms with Gasteiger partial charge in [0.05, 0.1) is 0 Å². The van der Waals surface area contributed by atoms with E-state index in [2.05, 4.69) is 36.2 Å².